The molecule has 174 valence electrons. The molecule has 10 nitrogen and oxygen atoms in total. The first-order chi connectivity index (χ1) is 15.2. The Balaban J connectivity index is 0.00000289. The van der Waals surface area contributed by atoms with E-state index in [4.69, 9.17) is 19.2 Å². The summed E-state index contributed by atoms with van der Waals surface area (Å²) >= 11 is 1.42. The van der Waals surface area contributed by atoms with Crippen LogP contribution in [-0.4, -0.2) is 84.2 Å². The number of morpholine rings is 1. The summed E-state index contributed by atoms with van der Waals surface area (Å²) in [4.78, 5) is 25.9. The molecule has 1 aliphatic heterocycles. The Labute approximate surface area is 196 Å². The number of thiazole rings is 1. The third kappa shape index (κ3) is 5.47. The minimum Gasteiger partial charge on any atom is -0.495 e. The quantitative estimate of drug-likeness (QED) is 0.457. The first-order valence-corrected chi connectivity index (χ1v) is 11.0. The zero-order chi connectivity index (χ0) is 21.6. The third-order valence-electron chi connectivity index (χ3n) is 5.15. The number of fused-ring (bicyclic) bond motifs is 1. The van der Waals surface area contributed by atoms with Crippen molar-refractivity contribution in [3.63, 3.8) is 0 Å². The average Bonchev–Trinajstić information content (AvgIpc) is 3.46. The number of hydrogen-bond donors (Lipinski definition) is 0. The van der Waals surface area contributed by atoms with E-state index in [9.17, 15) is 4.79 Å². The largest absolute Gasteiger partial charge is 0.495 e. The van der Waals surface area contributed by atoms with Gasteiger partial charge < -0.3 is 14.2 Å². The highest BCUT2D eigenvalue weighted by Gasteiger charge is 2.23. The van der Waals surface area contributed by atoms with Crippen LogP contribution < -0.4 is 14.4 Å². The number of halogens is 1. The molecule has 1 amide bonds. The lowest BCUT2D eigenvalue weighted by molar-refractivity contribution is -0.119. The second-order valence-corrected chi connectivity index (χ2v) is 8.07. The number of benzene rings is 1. The Morgan fingerprint density at radius 1 is 1.22 bits per heavy atom. The zero-order valence-corrected chi connectivity index (χ0v) is 19.7. The molecule has 0 atom stereocenters. The Morgan fingerprint density at radius 3 is 2.66 bits per heavy atom. The maximum atomic E-state index is 13.2. The maximum Gasteiger partial charge on any atom is 0.250 e. The van der Waals surface area contributed by atoms with Gasteiger partial charge in [0.25, 0.3) is 5.91 Å². The summed E-state index contributed by atoms with van der Waals surface area (Å²) in [7, 11) is 3.23. The predicted octanol–water partition coefficient (Wildman–Crippen LogP) is 2.08. The number of nitrogens with zero attached hydrogens (tertiary/aromatic N) is 6. The summed E-state index contributed by atoms with van der Waals surface area (Å²) in [5, 5.41) is 4.68. The second-order valence-electron chi connectivity index (χ2n) is 7.09. The molecule has 0 N–H and O–H groups in total. The van der Waals surface area contributed by atoms with E-state index in [1.165, 1.54) is 28.7 Å². The molecule has 0 bridgehead atoms. The van der Waals surface area contributed by atoms with Crippen molar-refractivity contribution in [1.82, 2.24) is 24.6 Å². The zero-order valence-electron chi connectivity index (χ0n) is 18.1. The van der Waals surface area contributed by atoms with E-state index in [0.717, 1.165) is 44.0 Å². The Hall–Kier alpha value is -2.47. The van der Waals surface area contributed by atoms with Gasteiger partial charge in [-0.2, -0.15) is 5.10 Å². The van der Waals surface area contributed by atoms with Crippen LogP contribution in [0, 0.1) is 0 Å². The molecule has 1 aromatic carbocycles. The van der Waals surface area contributed by atoms with Crippen LogP contribution in [0.5, 0.6) is 11.5 Å². The molecule has 4 rings (SSSR count). The highest BCUT2D eigenvalue weighted by molar-refractivity contribution is 7.22. The molecule has 0 saturated carbocycles. The summed E-state index contributed by atoms with van der Waals surface area (Å²) < 4.78 is 18.8. The van der Waals surface area contributed by atoms with Crippen molar-refractivity contribution in [2.24, 2.45) is 0 Å². The van der Waals surface area contributed by atoms with Crippen molar-refractivity contribution in [2.45, 2.75) is 13.0 Å². The van der Waals surface area contributed by atoms with E-state index >= 15 is 0 Å². The van der Waals surface area contributed by atoms with Crippen molar-refractivity contribution < 1.29 is 19.0 Å². The molecule has 0 unspecified atom stereocenters. The van der Waals surface area contributed by atoms with Gasteiger partial charge in [0.15, 0.2) is 5.13 Å². The van der Waals surface area contributed by atoms with Crippen LogP contribution in [0.15, 0.2) is 24.8 Å². The fourth-order valence-corrected chi connectivity index (χ4v) is 4.65. The molecule has 0 radical (unpaired) electrons. The number of hydrogen-bond acceptors (Lipinski definition) is 9. The molecule has 0 aliphatic carbocycles. The second kappa shape index (κ2) is 11.4. The number of anilines is 1. The topological polar surface area (TPSA) is 94.8 Å². The van der Waals surface area contributed by atoms with Crippen molar-refractivity contribution >= 4 is 45.0 Å². The van der Waals surface area contributed by atoms with Crippen LogP contribution >= 0.6 is 23.7 Å². The van der Waals surface area contributed by atoms with Crippen LogP contribution in [0.4, 0.5) is 5.13 Å². The Morgan fingerprint density at radius 2 is 1.97 bits per heavy atom. The van der Waals surface area contributed by atoms with Crippen molar-refractivity contribution in [3.05, 3.63) is 24.8 Å². The highest BCUT2D eigenvalue weighted by atomic mass is 35.5. The lowest BCUT2D eigenvalue weighted by atomic mass is 10.3. The number of amides is 1. The fourth-order valence-electron chi connectivity index (χ4n) is 3.53. The van der Waals surface area contributed by atoms with Crippen LogP contribution in [-0.2, 0) is 16.1 Å². The molecular formula is C20H27ClN6O4S. The lowest BCUT2D eigenvalue weighted by Crippen LogP contribution is -2.40. The van der Waals surface area contributed by atoms with Gasteiger partial charge >= 0.3 is 0 Å². The van der Waals surface area contributed by atoms with E-state index in [2.05, 4.69) is 15.0 Å². The van der Waals surface area contributed by atoms with Gasteiger partial charge in [0.2, 0.25) is 0 Å². The molecule has 0 spiro atoms. The van der Waals surface area contributed by atoms with E-state index in [1.54, 1.807) is 19.1 Å². The monoisotopic (exact) mass is 482 g/mol. The summed E-state index contributed by atoms with van der Waals surface area (Å²) in [6.07, 6.45) is 3.78. The SMILES string of the molecule is COc1ccc(OC)c2sc(N(CCCN3CCOCC3)C(=O)Cn3cncn3)nc12.Cl. The van der Waals surface area contributed by atoms with Gasteiger partial charge in [0, 0.05) is 26.2 Å². The van der Waals surface area contributed by atoms with Gasteiger partial charge in [-0.1, -0.05) is 11.3 Å². The predicted molar refractivity (Wildman–Crippen MR) is 124 cm³/mol. The number of aromatic nitrogens is 4. The number of methoxy groups -OCH3 is 2. The number of ether oxygens (including phenoxy) is 3. The van der Waals surface area contributed by atoms with Crippen LogP contribution in [0.1, 0.15) is 6.42 Å². The normalized spacial score (nSPS) is 14.2. The molecule has 1 aliphatic rings. The van der Waals surface area contributed by atoms with E-state index < -0.39 is 0 Å². The minimum absolute atomic E-state index is 0. The van der Waals surface area contributed by atoms with Gasteiger partial charge in [-0.15, -0.1) is 12.4 Å². The van der Waals surface area contributed by atoms with Crippen molar-refractivity contribution in [3.8, 4) is 11.5 Å². The molecule has 3 heterocycles. The molecule has 1 saturated heterocycles. The van der Waals surface area contributed by atoms with E-state index in [1.807, 2.05) is 12.1 Å². The number of carbonyl (C=O) groups is 1. The average molecular weight is 483 g/mol. The van der Waals surface area contributed by atoms with E-state index in [0.29, 0.717) is 28.7 Å². The van der Waals surface area contributed by atoms with Gasteiger partial charge in [0.05, 0.1) is 27.4 Å². The maximum absolute atomic E-state index is 13.2. The van der Waals surface area contributed by atoms with Gasteiger partial charge in [0.1, 0.15) is 40.9 Å². The Kier molecular flexibility index (Phi) is 8.62. The van der Waals surface area contributed by atoms with Crippen LogP contribution in [0.3, 0.4) is 0 Å². The molecule has 3 aromatic rings. The Bertz CT molecular complexity index is 968. The summed E-state index contributed by atoms with van der Waals surface area (Å²) in [5.41, 5.74) is 0.689. The smallest absolute Gasteiger partial charge is 0.250 e. The minimum atomic E-state index is -0.0931. The molecule has 12 heteroatoms. The van der Waals surface area contributed by atoms with Gasteiger partial charge in [-0.05, 0) is 18.6 Å². The molecule has 1 fully saturated rings. The molecule has 32 heavy (non-hydrogen) atoms. The summed E-state index contributed by atoms with van der Waals surface area (Å²) in [6, 6.07) is 3.67. The third-order valence-corrected chi connectivity index (χ3v) is 6.25. The summed E-state index contributed by atoms with van der Waals surface area (Å²) in [6.45, 7) is 4.90. The van der Waals surface area contributed by atoms with E-state index in [-0.39, 0.29) is 24.9 Å². The lowest BCUT2D eigenvalue weighted by Gasteiger charge is -2.27. The number of carbonyl (C=O) groups excluding carboxylic acids is 1. The fraction of sp³-hybridized carbons (Fsp3) is 0.500. The first-order valence-electron chi connectivity index (χ1n) is 10.1. The summed E-state index contributed by atoms with van der Waals surface area (Å²) in [5.74, 6) is 1.26. The van der Waals surface area contributed by atoms with Crippen LogP contribution in [0.25, 0.3) is 10.2 Å². The van der Waals surface area contributed by atoms with Gasteiger partial charge in [-0.25, -0.2) is 14.6 Å². The first kappa shape index (κ1) is 24.2. The number of rotatable bonds is 9. The van der Waals surface area contributed by atoms with Crippen molar-refractivity contribution in [2.75, 3.05) is 58.5 Å². The standard InChI is InChI=1S/C20H26N6O4S.ClH/c1-28-15-4-5-16(29-2)19-18(15)23-20(31-19)26(17(27)12-25-14-21-13-22-25)7-3-6-24-8-10-30-11-9-24;/h4-5,13-14H,3,6-12H2,1-2H3;1H. The molecule has 2 aromatic heterocycles. The van der Waals surface area contributed by atoms with Crippen LogP contribution in [0.2, 0.25) is 0 Å². The highest BCUT2D eigenvalue weighted by Crippen LogP contribution is 2.40. The van der Waals surface area contributed by atoms with Gasteiger partial charge in [-0.3, -0.25) is 14.6 Å². The molecular weight excluding hydrogens is 456 g/mol. The van der Waals surface area contributed by atoms with Crippen molar-refractivity contribution in [1.29, 1.82) is 0 Å².